The molecule has 2 N–H and O–H groups in total. The molecule has 1 aromatic rings. The van der Waals surface area contributed by atoms with Gasteiger partial charge in [0.05, 0.1) is 12.0 Å². The summed E-state index contributed by atoms with van der Waals surface area (Å²) in [6.45, 7) is 8.31. The second-order valence-corrected chi connectivity index (χ2v) is 7.39. The maximum absolute atomic E-state index is 12.5. The second-order valence-electron chi connectivity index (χ2n) is 7.39. The topological polar surface area (TPSA) is 54.3 Å². The van der Waals surface area contributed by atoms with Crippen LogP contribution in [0.5, 0.6) is 0 Å². The lowest BCUT2D eigenvalue weighted by atomic mass is 9.74. The number of carbonyl (C=O) groups excluding carboxylic acids is 1. The van der Waals surface area contributed by atoms with E-state index in [4.69, 9.17) is 4.42 Å². The third-order valence-electron chi connectivity index (χ3n) is 4.72. The maximum atomic E-state index is 12.5. The molecule has 1 aliphatic heterocycles. The number of furan rings is 1. The number of hydrogen-bond acceptors (Lipinski definition) is 3. The summed E-state index contributed by atoms with van der Waals surface area (Å²) in [6, 6.07) is 2.19. The Morgan fingerprint density at radius 3 is 3.00 bits per heavy atom. The lowest BCUT2D eigenvalue weighted by Gasteiger charge is -2.35. The van der Waals surface area contributed by atoms with Crippen LogP contribution in [-0.2, 0) is 11.2 Å². The predicted octanol–water partition coefficient (Wildman–Crippen LogP) is 2.72. The van der Waals surface area contributed by atoms with E-state index in [0.717, 1.165) is 50.3 Å². The molecule has 1 amide bonds. The second kappa shape index (κ2) is 5.48. The highest BCUT2D eigenvalue weighted by Crippen LogP contribution is 2.42. The van der Waals surface area contributed by atoms with E-state index in [0.29, 0.717) is 0 Å². The van der Waals surface area contributed by atoms with Gasteiger partial charge in [-0.2, -0.15) is 0 Å². The molecule has 1 saturated heterocycles. The number of rotatable bonds is 2. The Morgan fingerprint density at radius 2 is 2.29 bits per heavy atom. The fourth-order valence-electron chi connectivity index (χ4n) is 3.68. The molecule has 2 aliphatic rings. The molecule has 0 radical (unpaired) electrons. The molecule has 3 rings (SSSR count). The Kier molecular flexibility index (Phi) is 3.82. The van der Waals surface area contributed by atoms with Crippen molar-refractivity contribution in [2.75, 3.05) is 13.1 Å². The van der Waals surface area contributed by atoms with Gasteiger partial charge in [-0.3, -0.25) is 4.79 Å². The third-order valence-corrected chi connectivity index (χ3v) is 4.72. The predicted molar refractivity (Wildman–Crippen MR) is 82.0 cm³/mol. The highest BCUT2D eigenvalue weighted by atomic mass is 16.3. The molecule has 1 aromatic heterocycles. The van der Waals surface area contributed by atoms with Crippen LogP contribution in [0, 0.1) is 18.3 Å². The molecule has 116 valence electrons. The first-order chi connectivity index (χ1) is 9.94. The summed E-state index contributed by atoms with van der Waals surface area (Å²) in [5.41, 5.74) is 1.35. The van der Waals surface area contributed by atoms with Crippen molar-refractivity contribution in [2.24, 2.45) is 11.3 Å². The SMILES string of the molecule is Cc1cc2c(o1)CC(C)(C)CC2NC(=O)[C@H]1CCCNC1. The summed E-state index contributed by atoms with van der Waals surface area (Å²) in [4.78, 5) is 12.5. The Bertz CT molecular complexity index is 527. The average molecular weight is 290 g/mol. The van der Waals surface area contributed by atoms with Crippen LogP contribution in [0.15, 0.2) is 10.5 Å². The van der Waals surface area contributed by atoms with Gasteiger partial charge >= 0.3 is 0 Å². The standard InChI is InChI=1S/C17H26N2O2/c1-11-7-13-14(8-17(2,3)9-15(13)21-11)19-16(20)12-5-4-6-18-10-12/h7,12,14,18H,4-6,8-10H2,1-3H3,(H,19,20)/t12-,14?/m0/s1. The Morgan fingerprint density at radius 1 is 1.48 bits per heavy atom. The Balaban J connectivity index is 1.76. The molecule has 0 aromatic carbocycles. The summed E-state index contributed by atoms with van der Waals surface area (Å²) in [5.74, 6) is 2.29. The number of piperidine rings is 1. The van der Waals surface area contributed by atoms with Crippen molar-refractivity contribution in [3.05, 3.63) is 23.2 Å². The number of amides is 1. The van der Waals surface area contributed by atoms with Crippen molar-refractivity contribution in [3.8, 4) is 0 Å². The van der Waals surface area contributed by atoms with E-state index < -0.39 is 0 Å². The monoisotopic (exact) mass is 290 g/mol. The van der Waals surface area contributed by atoms with Crippen LogP contribution in [0.2, 0.25) is 0 Å². The quantitative estimate of drug-likeness (QED) is 0.880. The summed E-state index contributed by atoms with van der Waals surface area (Å²) in [5, 5.41) is 6.59. The molecular formula is C17H26N2O2. The summed E-state index contributed by atoms with van der Waals surface area (Å²) in [7, 11) is 0. The van der Waals surface area contributed by atoms with Crippen molar-refractivity contribution >= 4 is 5.91 Å². The van der Waals surface area contributed by atoms with Crippen molar-refractivity contribution in [1.82, 2.24) is 10.6 Å². The van der Waals surface area contributed by atoms with E-state index in [2.05, 4.69) is 30.5 Å². The first kappa shape index (κ1) is 14.6. The van der Waals surface area contributed by atoms with Gasteiger partial charge in [-0.1, -0.05) is 13.8 Å². The number of carbonyl (C=O) groups is 1. The number of hydrogen-bond donors (Lipinski definition) is 2. The highest BCUT2D eigenvalue weighted by Gasteiger charge is 2.36. The van der Waals surface area contributed by atoms with Crippen LogP contribution >= 0.6 is 0 Å². The van der Waals surface area contributed by atoms with E-state index in [1.54, 1.807) is 0 Å². The largest absolute Gasteiger partial charge is 0.466 e. The summed E-state index contributed by atoms with van der Waals surface area (Å²) >= 11 is 0. The van der Waals surface area contributed by atoms with Gasteiger partial charge in [-0.05, 0) is 44.2 Å². The number of nitrogens with one attached hydrogen (secondary N) is 2. The van der Waals surface area contributed by atoms with Gasteiger partial charge in [0.1, 0.15) is 11.5 Å². The Labute approximate surface area is 126 Å². The lowest BCUT2D eigenvalue weighted by molar-refractivity contribution is -0.126. The normalized spacial score (nSPS) is 28.0. The summed E-state index contributed by atoms with van der Waals surface area (Å²) in [6.07, 6.45) is 4.01. The van der Waals surface area contributed by atoms with Crippen LogP contribution in [-0.4, -0.2) is 19.0 Å². The van der Waals surface area contributed by atoms with Gasteiger partial charge in [-0.15, -0.1) is 0 Å². The molecule has 1 unspecified atom stereocenters. The third kappa shape index (κ3) is 3.15. The molecule has 4 nitrogen and oxygen atoms in total. The molecule has 2 atom stereocenters. The van der Waals surface area contributed by atoms with E-state index in [1.807, 2.05) is 6.92 Å². The molecule has 0 spiro atoms. The Hall–Kier alpha value is -1.29. The van der Waals surface area contributed by atoms with Crippen molar-refractivity contribution in [3.63, 3.8) is 0 Å². The van der Waals surface area contributed by atoms with Gasteiger partial charge in [0, 0.05) is 18.5 Å². The van der Waals surface area contributed by atoms with E-state index in [-0.39, 0.29) is 23.3 Å². The molecule has 1 fully saturated rings. The van der Waals surface area contributed by atoms with Crippen LogP contribution in [0.3, 0.4) is 0 Å². The fraction of sp³-hybridized carbons (Fsp3) is 0.706. The first-order valence-electron chi connectivity index (χ1n) is 8.05. The van der Waals surface area contributed by atoms with Crippen LogP contribution < -0.4 is 10.6 Å². The van der Waals surface area contributed by atoms with E-state index in [9.17, 15) is 4.79 Å². The molecule has 2 heterocycles. The maximum Gasteiger partial charge on any atom is 0.224 e. The molecule has 21 heavy (non-hydrogen) atoms. The summed E-state index contributed by atoms with van der Waals surface area (Å²) < 4.78 is 5.84. The number of aryl methyl sites for hydroxylation is 1. The van der Waals surface area contributed by atoms with Crippen molar-refractivity contribution < 1.29 is 9.21 Å². The van der Waals surface area contributed by atoms with Crippen LogP contribution in [0.1, 0.15) is 56.2 Å². The minimum atomic E-state index is 0.0932. The van der Waals surface area contributed by atoms with E-state index >= 15 is 0 Å². The fourth-order valence-corrected chi connectivity index (χ4v) is 3.68. The van der Waals surface area contributed by atoms with Crippen LogP contribution in [0.25, 0.3) is 0 Å². The smallest absolute Gasteiger partial charge is 0.224 e. The molecule has 1 aliphatic carbocycles. The zero-order valence-corrected chi connectivity index (χ0v) is 13.3. The minimum absolute atomic E-state index is 0.0932. The van der Waals surface area contributed by atoms with E-state index in [1.165, 1.54) is 5.56 Å². The van der Waals surface area contributed by atoms with Gasteiger partial charge in [0.25, 0.3) is 0 Å². The highest BCUT2D eigenvalue weighted by molar-refractivity contribution is 5.79. The zero-order valence-electron chi connectivity index (χ0n) is 13.3. The van der Waals surface area contributed by atoms with Crippen LogP contribution in [0.4, 0.5) is 0 Å². The van der Waals surface area contributed by atoms with Gasteiger partial charge in [0.2, 0.25) is 5.91 Å². The van der Waals surface area contributed by atoms with Gasteiger partial charge < -0.3 is 15.1 Å². The van der Waals surface area contributed by atoms with Gasteiger partial charge in [0.15, 0.2) is 0 Å². The average Bonchev–Trinajstić information content (AvgIpc) is 2.78. The van der Waals surface area contributed by atoms with Gasteiger partial charge in [-0.25, -0.2) is 0 Å². The molecule has 0 bridgehead atoms. The molecular weight excluding hydrogens is 264 g/mol. The van der Waals surface area contributed by atoms with Crippen molar-refractivity contribution in [2.45, 2.75) is 52.5 Å². The zero-order chi connectivity index (χ0) is 15.0. The first-order valence-corrected chi connectivity index (χ1v) is 8.05. The molecule has 0 saturated carbocycles. The number of fused-ring (bicyclic) bond motifs is 1. The molecule has 4 heteroatoms. The lowest BCUT2D eigenvalue weighted by Crippen LogP contribution is -2.43. The minimum Gasteiger partial charge on any atom is -0.466 e. The van der Waals surface area contributed by atoms with Crippen molar-refractivity contribution in [1.29, 1.82) is 0 Å².